The summed E-state index contributed by atoms with van der Waals surface area (Å²) < 4.78 is 10.9. The fourth-order valence-electron chi connectivity index (χ4n) is 1.22. The van der Waals surface area contributed by atoms with Gasteiger partial charge in [0.1, 0.15) is 12.5 Å². The molecule has 0 saturated heterocycles. The van der Waals surface area contributed by atoms with E-state index in [4.69, 9.17) is 9.47 Å². The van der Waals surface area contributed by atoms with Crippen LogP contribution in [0.2, 0.25) is 0 Å². The van der Waals surface area contributed by atoms with Gasteiger partial charge in [-0.2, -0.15) is 0 Å². The fraction of sp³-hybridized carbons (Fsp3) is 0.909. The smallest absolute Gasteiger partial charge is 0.213 e. The molecule has 2 atom stereocenters. The molecule has 2 unspecified atom stereocenters. The summed E-state index contributed by atoms with van der Waals surface area (Å²) in [5.41, 5.74) is 0. The number of hydrogen-bond donors (Lipinski definition) is 0. The Morgan fingerprint density at radius 1 is 1.07 bits per heavy atom. The van der Waals surface area contributed by atoms with Gasteiger partial charge in [0.05, 0.1) is 0 Å². The Hall–Kier alpha value is -0.610. The summed E-state index contributed by atoms with van der Waals surface area (Å²) in [6, 6.07) is 0. The zero-order chi connectivity index (χ0) is 11.7. The van der Waals surface area contributed by atoms with Gasteiger partial charge in [0, 0.05) is 13.2 Å². The minimum absolute atomic E-state index is 0.227. The Balaban J connectivity index is 4.02. The molecule has 0 radical (unpaired) electrons. The topological polar surface area (TPSA) is 38.8 Å². The van der Waals surface area contributed by atoms with E-state index in [2.05, 4.69) is 0 Å². The lowest BCUT2D eigenvalue weighted by molar-refractivity contribution is -0.159. The van der Waals surface area contributed by atoms with Crippen LogP contribution < -0.4 is 0 Å². The Bertz CT molecular complexity index is 150. The first-order valence-corrected chi connectivity index (χ1v) is 5.63. The highest BCUT2D eigenvalue weighted by atomic mass is 16.5. The van der Waals surface area contributed by atoms with Crippen LogP contribution in [0, 0.1) is 0 Å². The fourth-order valence-corrected chi connectivity index (χ4v) is 1.22. The second-order valence-electron chi connectivity index (χ2n) is 3.49. The van der Waals surface area contributed by atoms with Crippen LogP contribution in [0.25, 0.3) is 0 Å². The molecule has 15 heavy (non-hydrogen) atoms. The largest absolute Gasteiger partial charge is 0.359 e. The van der Waals surface area contributed by atoms with Crippen LogP contribution in [0.4, 0.5) is 0 Å². The van der Waals surface area contributed by atoms with Gasteiger partial charge in [-0.05, 0) is 26.7 Å². The van der Waals surface area contributed by atoms with Crippen molar-refractivity contribution < 1.29 is 14.3 Å². The lowest BCUT2D eigenvalue weighted by atomic mass is 10.4. The molecular formula is C11H23NO3. The van der Waals surface area contributed by atoms with Crippen molar-refractivity contribution in [3.8, 4) is 0 Å². The van der Waals surface area contributed by atoms with Gasteiger partial charge in [-0.3, -0.25) is 9.69 Å². The van der Waals surface area contributed by atoms with Gasteiger partial charge in [-0.1, -0.05) is 13.8 Å². The Morgan fingerprint density at radius 3 is 1.73 bits per heavy atom. The average molecular weight is 217 g/mol. The molecule has 0 N–H and O–H groups in total. The van der Waals surface area contributed by atoms with E-state index in [9.17, 15) is 4.79 Å². The third-order valence-electron chi connectivity index (χ3n) is 2.09. The summed E-state index contributed by atoms with van der Waals surface area (Å²) in [5, 5.41) is 0. The maximum atomic E-state index is 10.9. The molecule has 4 heteroatoms. The third kappa shape index (κ3) is 5.74. The first-order valence-electron chi connectivity index (χ1n) is 5.63. The molecule has 0 aromatic rings. The number of hydrogen-bond acceptors (Lipinski definition) is 3. The van der Waals surface area contributed by atoms with E-state index >= 15 is 0 Å². The van der Waals surface area contributed by atoms with E-state index in [0.29, 0.717) is 13.2 Å². The van der Waals surface area contributed by atoms with Crippen molar-refractivity contribution in [3.05, 3.63) is 0 Å². The van der Waals surface area contributed by atoms with Crippen molar-refractivity contribution in [2.45, 2.75) is 53.0 Å². The second-order valence-corrected chi connectivity index (χ2v) is 3.49. The summed E-state index contributed by atoms with van der Waals surface area (Å²) in [5.74, 6) is 0. The molecule has 90 valence electrons. The molecule has 1 amide bonds. The summed E-state index contributed by atoms with van der Waals surface area (Å²) in [6.07, 6.45) is 2.21. The lowest BCUT2D eigenvalue weighted by Gasteiger charge is -2.30. The van der Waals surface area contributed by atoms with Crippen LogP contribution >= 0.6 is 0 Å². The van der Waals surface area contributed by atoms with E-state index in [0.717, 1.165) is 19.3 Å². The van der Waals surface area contributed by atoms with Crippen LogP contribution in [0.1, 0.15) is 40.5 Å². The van der Waals surface area contributed by atoms with Crippen molar-refractivity contribution in [2.24, 2.45) is 0 Å². The molecular weight excluding hydrogens is 194 g/mol. The first-order chi connectivity index (χ1) is 7.17. The predicted octanol–water partition coefficient (Wildman–Crippen LogP) is 1.99. The molecule has 0 heterocycles. The summed E-state index contributed by atoms with van der Waals surface area (Å²) in [6.45, 7) is 9.10. The molecule has 4 nitrogen and oxygen atoms in total. The number of carbonyl (C=O) groups is 1. The average Bonchev–Trinajstić information content (AvgIpc) is 2.24. The van der Waals surface area contributed by atoms with Crippen LogP contribution in [0.3, 0.4) is 0 Å². The SMILES string of the molecule is CCCOC(C)N(C=O)C(C)OCCC. The second kappa shape index (κ2) is 8.68. The number of carbonyl (C=O) groups excluding carboxylic acids is 1. The minimum Gasteiger partial charge on any atom is -0.359 e. The normalized spacial score (nSPS) is 14.7. The van der Waals surface area contributed by atoms with Crippen LogP contribution in [-0.2, 0) is 14.3 Å². The molecule has 0 fully saturated rings. The highest BCUT2D eigenvalue weighted by molar-refractivity contribution is 5.47. The highest BCUT2D eigenvalue weighted by Crippen LogP contribution is 2.06. The molecule has 0 aliphatic carbocycles. The quantitative estimate of drug-likeness (QED) is 0.438. The zero-order valence-electron chi connectivity index (χ0n) is 10.2. The number of ether oxygens (including phenoxy) is 2. The van der Waals surface area contributed by atoms with Crippen molar-refractivity contribution >= 4 is 6.41 Å². The predicted molar refractivity (Wildman–Crippen MR) is 59.3 cm³/mol. The molecule has 0 rings (SSSR count). The van der Waals surface area contributed by atoms with E-state index in [-0.39, 0.29) is 12.5 Å². The van der Waals surface area contributed by atoms with Crippen molar-refractivity contribution in [1.82, 2.24) is 4.90 Å². The third-order valence-corrected chi connectivity index (χ3v) is 2.09. The van der Waals surface area contributed by atoms with Gasteiger partial charge in [0.25, 0.3) is 0 Å². The Morgan fingerprint density at radius 2 is 1.47 bits per heavy atom. The monoisotopic (exact) mass is 217 g/mol. The summed E-state index contributed by atoms with van der Waals surface area (Å²) >= 11 is 0. The van der Waals surface area contributed by atoms with E-state index < -0.39 is 0 Å². The van der Waals surface area contributed by atoms with Gasteiger partial charge >= 0.3 is 0 Å². The molecule has 0 aliphatic rings. The molecule has 0 aromatic heterocycles. The maximum absolute atomic E-state index is 10.9. The van der Waals surface area contributed by atoms with E-state index in [1.807, 2.05) is 27.7 Å². The van der Waals surface area contributed by atoms with E-state index in [1.165, 1.54) is 0 Å². The maximum Gasteiger partial charge on any atom is 0.213 e. The summed E-state index contributed by atoms with van der Waals surface area (Å²) in [4.78, 5) is 12.4. The van der Waals surface area contributed by atoms with Crippen molar-refractivity contribution in [2.75, 3.05) is 13.2 Å². The zero-order valence-corrected chi connectivity index (χ0v) is 10.2. The number of rotatable bonds is 9. The van der Waals surface area contributed by atoms with Gasteiger partial charge in [-0.25, -0.2) is 0 Å². The molecule has 0 bridgehead atoms. The number of nitrogens with zero attached hydrogens (tertiary/aromatic N) is 1. The van der Waals surface area contributed by atoms with Gasteiger partial charge in [-0.15, -0.1) is 0 Å². The highest BCUT2D eigenvalue weighted by Gasteiger charge is 2.18. The molecule has 0 saturated carbocycles. The lowest BCUT2D eigenvalue weighted by Crippen LogP contribution is -2.42. The van der Waals surface area contributed by atoms with E-state index in [1.54, 1.807) is 4.90 Å². The van der Waals surface area contributed by atoms with Crippen LogP contribution in [0.5, 0.6) is 0 Å². The standard InChI is InChI=1S/C11H23NO3/c1-5-7-14-10(3)12(9-13)11(4)15-8-6-2/h9-11H,5-8H2,1-4H3. The van der Waals surface area contributed by atoms with Crippen LogP contribution in [0.15, 0.2) is 0 Å². The van der Waals surface area contributed by atoms with Gasteiger partial charge < -0.3 is 9.47 Å². The van der Waals surface area contributed by atoms with Crippen molar-refractivity contribution in [3.63, 3.8) is 0 Å². The Labute approximate surface area is 92.5 Å². The molecule has 0 aromatic carbocycles. The minimum atomic E-state index is -0.227. The van der Waals surface area contributed by atoms with Crippen LogP contribution in [-0.4, -0.2) is 37.0 Å². The molecule has 0 aliphatic heterocycles. The van der Waals surface area contributed by atoms with Gasteiger partial charge in [0.2, 0.25) is 6.41 Å². The number of amides is 1. The molecule has 0 spiro atoms. The first kappa shape index (κ1) is 14.4. The van der Waals surface area contributed by atoms with Crippen molar-refractivity contribution in [1.29, 1.82) is 0 Å². The van der Waals surface area contributed by atoms with Gasteiger partial charge in [0.15, 0.2) is 0 Å². The summed E-state index contributed by atoms with van der Waals surface area (Å²) in [7, 11) is 0. The Kier molecular flexibility index (Phi) is 8.33.